The minimum absolute atomic E-state index is 0.287. The van der Waals surface area contributed by atoms with E-state index in [9.17, 15) is 9.18 Å². The van der Waals surface area contributed by atoms with Crippen molar-refractivity contribution in [2.75, 3.05) is 0 Å². The van der Waals surface area contributed by atoms with Crippen molar-refractivity contribution in [1.82, 2.24) is 0 Å². The number of hydrogen-bond acceptors (Lipinski definition) is 2. The summed E-state index contributed by atoms with van der Waals surface area (Å²) in [5.41, 5.74) is 1.63. The molecular weight excluding hydrogens is 255 g/mol. The number of para-hydroxylation sites is 1. The predicted molar refractivity (Wildman–Crippen MR) is 77.8 cm³/mol. The smallest absolute Gasteiger partial charge is 0.336 e. The second-order valence-corrected chi connectivity index (χ2v) is 4.41. The van der Waals surface area contributed by atoms with Gasteiger partial charge in [0.05, 0.1) is 0 Å². The zero-order valence-corrected chi connectivity index (χ0v) is 10.5. The normalized spacial score (nSPS) is 11.2. The third kappa shape index (κ3) is 2.52. The van der Waals surface area contributed by atoms with Crippen LogP contribution < -0.4 is 5.63 Å². The maximum Gasteiger partial charge on any atom is 0.336 e. The molecule has 3 aromatic rings. The van der Waals surface area contributed by atoms with Crippen molar-refractivity contribution in [3.05, 3.63) is 82.0 Å². The maximum atomic E-state index is 13.1. The quantitative estimate of drug-likeness (QED) is 0.653. The van der Waals surface area contributed by atoms with Crippen molar-refractivity contribution in [3.8, 4) is 0 Å². The van der Waals surface area contributed by atoms with Gasteiger partial charge in [-0.15, -0.1) is 0 Å². The highest BCUT2D eigenvalue weighted by molar-refractivity contribution is 5.89. The molecule has 3 heteroatoms. The molecule has 0 saturated heterocycles. The molecular formula is C17H11FO2. The molecule has 0 fully saturated rings. The van der Waals surface area contributed by atoms with Crippen LogP contribution in [-0.2, 0) is 0 Å². The summed E-state index contributed by atoms with van der Waals surface area (Å²) in [6, 6.07) is 15.0. The van der Waals surface area contributed by atoms with E-state index in [0.717, 1.165) is 16.5 Å². The fraction of sp³-hybridized carbons (Fsp3) is 0. The fourth-order valence-electron chi connectivity index (χ4n) is 2.07. The van der Waals surface area contributed by atoms with Crippen LogP contribution in [0.5, 0.6) is 0 Å². The van der Waals surface area contributed by atoms with Gasteiger partial charge in [-0.05, 0) is 29.3 Å². The molecule has 0 unspecified atom stereocenters. The van der Waals surface area contributed by atoms with Crippen LogP contribution in [0.3, 0.4) is 0 Å². The fourth-order valence-corrected chi connectivity index (χ4v) is 2.07. The van der Waals surface area contributed by atoms with Crippen LogP contribution in [0.4, 0.5) is 4.39 Å². The number of hydrogen-bond donors (Lipinski definition) is 0. The number of benzene rings is 2. The van der Waals surface area contributed by atoms with Crippen LogP contribution in [0.2, 0.25) is 0 Å². The topological polar surface area (TPSA) is 30.2 Å². The zero-order valence-electron chi connectivity index (χ0n) is 10.5. The van der Waals surface area contributed by atoms with Crippen molar-refractivity contribution in [1.29, 1.82) is 0 Å². The van der Waals surface area contributed by atoms with E-state index in [2.05, 4.69) is 0 Å². The van der Waals surface area contributed by atoms with E-state index in [0.29, 0.717) is 5.58 Å². The summed E-state index contributed by atoms with van der Waals surface area (Å²) in [5, 5.41) is 0.847. The summed E-state index contributed by atoms with van der Waals surface area (Å²) in [7, 11) is 0. The molecule has 0 atom stereocenters. The van der Waals surface area contributed by atoms with E-state index in [1.807, 2.05) is 18.2 Å². The van der Waals surface area contributed by atoms with E-state index in [4.69, 9.17) is 4.42 Å². The molecule has 2 aromatic carbocycles. The highest BCUT2D eigenvalue weighted by atomic mass is 19.1. The third-order valence-electron chi connectivity index (χ3n) is 2.99. The molecule has 0 amide bonds. The Morgan fingerprint density at radius 3 is 2.65 bits per heavy atom. The van der Waals surface area contributed by atoms with Gasteiger partial charge in [-0.3, -0.25) is 0 Å². The molecule has 3 rings (SSSR count). The molecule has 0 saturated carbocycles. The number of halogens is 1. The van der Waals surface area contributed by atoms with Gasteiger partial charge in [0.15, 0.2) is 0 Å². The Hall–Kier alpha value is -2.68. The zero-order chi connectivity index (χ0) is 13.9. The highest BCUT2D eigenvalue weighted by Crippen LogP contribution is 2.19. The Bertz CT molecular complexity index is 847. The van der Waals surface area contributed by atoms with Gasteiger partial charge in [0.25, 0.3) is 0 Å². The molecule has 0 aliphatic heterocycles. The van der Waals surface area contributed by atoms with Gasteiger partial charge in [0.2, 0.25) is 0 Å². The van der Waals surface area contributed by atoms with Crippen LogP contribution in [0, 0.1) is 5.82 Å². The second-order valence-electron chi connectivity index (χ2n) is 4.41. The van der Waals surface area contributed by atoms with E-state index in [1.165, 1.54) is 18.2 Å². The highest BCUT2D eigenvalue weighted by Gasteiger charge is 2.01. The standard InChI is InChI=1S/C17H11FO2/c18-14-5-3-4-12(10-14)8-9-13-11-17(19)20-16-7-2-1-6-15(13)16/h1-11H. The Kier molecular flexibility index (Phi) is 3.17. The Balaban J connectivity index is 2.08. The van der Waals surface area contributed by atoms with E-state index in [1.54, 1.807) is 30.4 Å². The lowest BCUT2D eigenvalue weighted by molar-refractivity contribution is 0.560. The average Bonchev–Trinajstić information content (AvgIpc) is 2.44. The molecule has 1 heterocycles. The first kappa shape index (κ1) is 12.4. The molecule has 98 valence electrons. The van der Waals surface area contributed by atoms with E-state index < -0.39 is 5.63 Å². The van der Waals surface area contributed by atoms with Crippen LogP contribution >= 0.6 is 0 Å². The Morgan fingerprint density at radius 1 is 0.950 bits per heavy atom. The first-order chi connectivity index (χ1) is 9.72. The molecule has 2 nitrogen and oxygen atoms in total. The van der Waals surface area contributed by atoms with Crippen molar-refractivity contribution < 1.29 is 8.81 Å². The van der Waals surface area contributed by atoms with Gasteiger partial charge in [0, 0.05) is 11.5 Å². The van der Waals surface area contributed by atoms with Crippen molar-refractivity contribution in [2.24, 2.45) is 0 Å². The molecule has 0 aliphatic carbocycles. The van der Waals surface area contributed by atoms with Gasteiger partial charge in [-0.25, -0.2) is 9.18 Å². The SMILES string of the molecule is O=c1cc(C=Cc2cccc(F)c2)c2ccccc2o1. The van der Waals surface area contributed by atoms with Gasteiger partial charge in [0.1, 0.15) is 11.4 Å². The number of rotatable bonds is 2. The van der Waals surface area contributed by atoms with Crippen LogP contribution in [0.25, 0.3) is 23.1 Å². The van der Waals surface area contributed by atoms with Gasteiger partial charge in [-0.1, -0.05) is 42.5 Å². The van der Waals surface area contributed by atoms with Crippen molar-refractivity contribution in [3.63, 3.8) is 0 Å². The van der Waals surface area contributed by atoms with Crippen molar-refractivity contribution in [2.45, 2.75) is 0 Å². The molecule has 0 spiro atoms. The monoisotopic (exact) mass is 266 g/mol. The summed E-state index contributed by atoms with van der Waals surface area (Å²) < 4.78 is 18.2. The van der Waals surface area contributed by atoms with Crippen molar-refractivity contribution >= 4 is 23.1 Å². The van der Waals surface area contributed by atoms with E-state index >= 15 is 0 Å². The van der Waals surface area contributed by atoms with Crippen LogP contribution in [0.15, 0.2) is 63.8 Å². The lowest BCUT2D eigenvalue weighted by atomic mass is 10.1. The molecule has 0 bridgehead atoms. The molecule has 20 heavy (non-hydrogen) atoms. The first-order valence-electron chi connectivity index (χ1n) is 6.19. The lowest BCUT2D eigenvalue weighted by Gasteiger charge is -2.00. The molecule has 0 N–H and O–H groups in total. The largest absolute Gasteiger partial charge is 0.423 e. The van der Waals surface area contributed by atoms with E-state index in [-0.39, 0.29) is 5.82 Å². The molecule has 0 aliphatic rings. The summed E-state index contributed by atoms with van der Waals surface area (Å²) in [5.74, 6) is -0.287. The molecule has 1 aromatic heterocycles. The Morgan fingerprint density at radius 2 is 1.80 bits per heavy atom. The average molecular weight is 266 g/mol. The van der Waals surface area contributed by atoms with Gasteiger partial charge in [-0.2, -0.15) is 0 Å². The Labute approximate surface area is 114 Å². The summed E-state index contributed by atoms with van der Waals surface area (Å²) in [4.78, 5) is 11.5. The summed E-state index contributed by atoms with van der Waals surface area (Å²) in [6.45, 7) is 0. The number of fused-ring (bicyclic) bond motifs is 1. The third-order valence-corrected chi connectivity index (χ3v) is 2.99. The second kappa shape index (κ2) is 5.13. The van der Waals surface area contributed by atoms with Crippen LogP contribution in [0.1, 0.15) is 11.1 Å². The molecule has 0 radical (unpaired) electrons. The van der Waals surface area contributed by atoms with Gasteiger partial charge >= 0.3 is 5.63 Å². The minimum Gasteiger partial charge on any atom is -0.423 e. The lowest BCUT2D eigenvalue weighted by Crippen LogP contribution is -1.97. The van der Waals surface area contributed by atoms with Gasteiger partial charge < -0.3 is 4.42 Å². The van der Waals surface area contributed by atoms with Crippen LogP contribution in [-0.4, -0.2) is 0 Å². The summed E-state index contributed by atoms with van der Waals surface area (Å²) >= 11 is 0. The first-order valence-corrected chi connectivity index (χ1v) is 6.19. The summed E-state index contributed by atoms with van der Waals surface area (Å²) in [6.07, 6.45) is 3.55. The maximum absolute atomic E-state index is 13.1. The minimum atomic E-state index is -0.400. The predicted octanol–water partition coefficient (Wildman–Crippen LogP) is 4.10.